The number of thioether (sulfide) groups is 1. The number of carbonyl (C=O) groups is 3. The van der Waals surface area contributed by atoms with E-state index in [2.05, 4.69) is 25.9 Å². The molecule has 0 saturated carbocycles. The predicted molar refractivity (Wildman–Crippen MR) is 79.5 cm³/mol. The van der Waals surface area contributed by atoms with Gasteiger partial charge in [-0.2, -0.15) is 0 Å². The van der Waals surface area contributed by atoms with Gasteiger partial charge in [0.05, 0.1) is 0 Å². The third-order valence-electron chi connectivity index (χ3n) is 3.76. The first kappa shape index (κ1) is 15.5. The van der Waals surface area contributed by atoms with E-state index in [1.165, 1.54) is 0 Å². The monoisotopic (exact) mass is 337 g/mol. The molecule has 2 aliphatic rings. The molecule has 0 bridgehead atoms. The molecule has 0 radical (unpaired) electrons. The van der Waals surface area contributed by atoms with Crippen molar-refractivity contribution in [1.82, 2.24) is 30.8 Å². The van der Waals surface area contributed by atoms with Gasteiger partial charge < -0.3 is 16.0 Å². The van der Waals surface area contributed by atoms with Crippen molar-refractivity contribution in [3.8, 4) is 0 Å². The molecule has 4 N–H and O–H groups in total. The highest BCUT2D eigenvalue weighted by Crippen LogP contribution is 2.56. The molecule has 3 rings (SSSR count). The van der Waals surface area contributed by atoms with Crippen LogP contribution in [0.1, 0.15) is 25.7 Å². The van der Waals surface area contributed by atoms with Gasteiger partial charge >= 0.3 is 0 Å². The summed E-state index contributed by atoms with van der Waals surface area (Å²) in [5.74, 6) is -0.965. The number of amides is 3. The summed E-state index contributed by atoms with van der Waals surface area (Å²) < 4.78 is -0.315. The number of hydrogen-bond donors (Lipinski definition) is 3. The van der Waals surface area contributed by atoms with Crippen molar-refractivity contribution < 1.29 is 14.4 Å². The van der Waals surface area contributed by atoms with E-state index in [0.29, 0.717) is 5.82 Å². The summed E-state index contributed by atoms with van der Waals surface area (Å²) in [6, 6.07) is -0.945. The molecule has 2 saturated heterocycles. The van der Waals surface area contributed by atoms with Gasteiger partial charge in [0.25, 0.3) is 0 Å². The lowest BCUT2D eigenvalue weighted by molar-refractivity contribution is -0.151. The second kappa shape index (κ2) is 5.33. The average molecular weight is 337 g/mol. The molecule has 1 aromatic heterocycles. The topological polar surface area (TPSA) is 147 Å². The summed E-state index contributed by atoms with van der Waals surface area (Å²) in [7, 11) is 0. The molecule has 10 nitrogen and oxygen atoms in total. The van der Waals surface area contributed by atoms with Gasteiger partial charge in [-0.3, -0.25) is 14.4 Å². The van der Waals surface area contributed by atoms with Gasteiger partial charge in [-0.15, -0.1) is 16.9 Å². The molecule has 0 spiro atoms. The maximum absolute atomic E-state index is 12.4. The molecule has 3 atom stereocenters. The zero-order chi connectivity index (χ0) is 16.8. The van der Waals surface area contributed by atoms with E-state index < -0.39 is 17.9 Å². The van der Waals surface area contributed by atoms with Crippen LogP contribution in [0.4, 0.5) is 0 Å². The molecule has 2 unspecified atom stereocenters. The lowest BCUT2D eigenvalue weighted by Gasteiger charge is -2.44. The number of primary amides is 1. The number of nitrogens with two attached hydrogens (primary N) is 1. The van der Waals surface area contributed by atoms with E-state index in [0.717, 1.165) is 12.2 Å². The number of nitrogens with zero attached hydrogens (tertiary/aromatic N) is 4. The van der Waals surface area contributed by atoms with E-state index >= 15 is 0 Å². The largest absolute Gasteiger partial charge is 0.366 e. The fraction of sp³-hybridized carbons (Fsp3) is 0.500. The van der Waals surface area contributed by atoms with Crippen LogP contribution in [0, 0.1) is 0 Å². The minimum atomic E-state index is -0.726. The number of hydrogen-bond acceptors (Lipinski definition) is 7. The van der Waals surface area contributed by atoms with Gasteiger partial charge in [0.1, 0.15) is 17.5 Å². The Balaban J connectivity index is 1.75. The lowest BCUT2D eigenvalue weighted by atomic mass is 9.95. The van der Waals surface area contributed by atoms with E-state index in [-0.39, 0.29) is 22.1 Å². The van der Waals surface area contributed by atoms with Crippen molar-refractivity contribution in [2.24, 2.45) is 5.73 Å². The standard InChI is InChI=1S/C12H15N7O3S/c1-12(2)8(9-15-17-18-16-9)19-10(22)7(11(19)23-12)14-6(21)4-3-5(13)20/h3-4,7-8,11H,1-2H3,(H2,13,20)(H,14,21)(H,15,16,17,18)/t7?,8?,11-/m1/s1. The Hall–Kier alpha value is -2.43. The minimum absolute atomic E-state index is 0.210. The van der Waals surface area contributed by atoms with Gasteiger partial charge in [-0.1, -0.05) is 0 Å². The number of β-lactam (4-membered cyclic amide) rings is 1. The Labute approximate surface area is 135 Å². The van der Waals surface area contributed by atoms with Crippen LogP contribution in [0.15, 0.2) is 12.2 Å². The van der Waals surface area contributed by atoms with Crippen LogP contribution in [-0.2, 0) is 14.4 Å². The molecule has 2 fully saturated rings. The SMILES string of the molecule is CC1(C)S[C@@H]2C(NC(=O)C=CC(N)=O)C(=O)N2C1c1nnn[nH]1. The lowest BCUT2D eigenvalue weighted by Crippen LogP contribution is -2.67. The highest BCUT2D eigenvalue weighted by molar-refractivity contribution is 8.01. The number of aromatic amines is 1. The van der Waals surface area contributed by atoms with Crippen molar-refractivity contribution >= 4 is 29.5 Å². The van der Waals surface area contributed by atoms with Gasteiger partial charge in [0.2, 0.25) is 17.7 Å². The molecular formula is C12H15N7O3S. The smallest absolute Gasteiger partial charge is 0.249 e. The third-order valence-corrected chi connectivity index (χ3v) is 5.33. The number of fused-ring (bicyclic) bond motifs is 1. The molecule has 0 aliphatic carbocycles. The molecule has 3 heterocycles. The zero-order valence-electron chi connectivity index (χ0n) is 12.4. The normalized spacial score (nSPS) is 28.5. The number of aromatic nitrogens is 4. The van der Waals surface area contributed by atoms with Crippen molar-refractivity contribution in [3.63, 3.8) is 0 Å². The Morgan fingerprint density at radius 3 is 2.78 bits per heavy atom. The van der Waals surface area contributed by atoms with Crippen LogP contribution in [-0.4, -0.2) is 59.4 Å². The minimum Gasteiger partial charge on any atom is -0.366 e. The Morgan fingerprint density at radius 2 is 2.17 bits per heavy atom. The van der Waals surface area contributed by atoms with Crippen LogP contribution < -0.4 is 11.1 Å². The highest BCUT2D eigenvalue weighted by atomic mass is 32.2. The quantitative estimate of drug-likeness (QED) is 0.445. The number of rotatable bonds is 4. The average Bonchev–Trinajstić information content (AvgIpc) is 3.06. The van der Waals surface area contributed by atoms with Crippen LogP contribution in [0.3, 0.4) is 0 Å². The van der Waals surface area contributed by atoms with Crippen LogP contribution >= 0.6 is 11.8 Å². The first-order valence-corrected chi connectivity index (χ1v) is 7.71. The van der Waals surface area contributed by atoms with E-state index in [1.807, 2.05) is 13.8 Å². The summed E-state index contributed by atoms with van der Waals surface area (Å²) in [4.78, 5) is 36.4. The maximum Gasteiger partial charge on any atom is 0.249 e. The summed E-state index contributed by atoms with van der Waals surface area (Å²) in [5.41, 5.74) is 4.93. The van der Waals surface area contributed by atoms with Gasteiger partial charge in [0.15, 0.2) is 5.82 Å². The fourth-order valence-electron chi connectivity index (χ4n) is 2.83. The molecule has 122 valence electrons. The Bertz CT molecular complexity index is 687. The zero-order valence-corrected chi connectivity index (χ0v) is 13.2. The molecule has 11 heteroatoms. The highest BCUT2D eigenvalue weighted by Gasteiger charge is 2.63. The van der Waals surface area contributed by atoms with E-state index in [1.54, 1.807) is 16.7 Å². The Morgan fingerprint density at radius 1 is 1.43 bits per heavy atom. The van der Waals surface area contributed by atoms with Crippen LogP contribution in [0.5, 0.6) is 0 Å². The summed E-state index contributed by atoms with van der Waals surface area (Å²) in [6.45, 7) is 3.98. The number of carbonyl (C=O) groups excluding carboxylic acids is 3. The molecule has 1 aromatic rings. The molecular weight excluding hydrogens is 322 g/mol. The van der Waals surface area contributed by atoms with Gasteiger partial charge in [-0.05, 0) is 24.3 Å². The number of tetrazole rings is 1. The van der Waals surface area contributed by atoms with Gasteiger partial charge in [0, 0.05) is 16.9 Å². The fourth-order valence-corrected chi connectivity index (χ4v) is 4.47. The van der Waals surface area contributed by atoms with Crippen molar-refractivity contribution in [1.29, 1.82) is 0 Å². The summed E-state index contributed by atoms with van der Waals surface area (Å²) in [5, 5.41) is 16.1. The van der Waals surface area contributed by atoms with Gasteiger partial charge in [-0.25, -0.2) is 5.10 Å². The van der Waals surface area contributed by atoms with Crippen molar-refractivity contribution in [2.45, 2.75) is 36.1 Å². The number of nitrogens with one attached hydrogen (secondary N) is 2. The maximum atomic E-state index is 12.4. The third kappa shape index (κ3) is 2.56. The molecule has 23 heavy (non-hydrogen) atoms. The molecule has 3 amide bonds. The second-order valence-electron chi connectivity index (χ2n) is 5.77. The van der Waals surface area contributed by atoms with E-state index in [4.69, 9.17) is 5.73 Å². The Kier molecular flexibility index (Phi) is 3.59. The summed E-state index contributed by atoms with van der Waals surface area (Å²) in [6.07, 6.45) is 1.96. The first-order valence-electron chi connectivity index (χ1n) is 6.83. The molecule has 0 aromatic carbocycles. The van der Waals surface area contributed by atoms with Crippen molar-refractivity contribution in [3.05, 3.63) is 18.0 Å². The molecule has 2 aliphatic heterocycles. The van der Waals surface area contributed by atoms with E-state index in [9.17, 15) is 14.4 Å². The number of H-pyrrole nitrogens is 1. The van der Waals surface area contributed by atoms with Crippen LogP contribution in [0.25, 0.3) is 0 Å². The second-order valence-corrected chi connectivity index (χ2v) is 7.54. The first-order chi connectivity index (χ1) is 10.8. The summed E-state index contributed by atoms with van der Waals surface area (Å²) >= 11 is 1.56. The van der Waals surface area contributed by atoms with Crippen molar-refractivity contribution in [2.75, 3.05) is 0 Å². The predicted octanol–water partition coefficient (Wildman–Crippen LogP) is -1.54. The van der Waals surface area contributed by atoms with Crippen LogP contribution in [0.2, 0.25) is 0 Å².